The molecule has 0 aromatic carbocycles. The Morgan fingerprint density at radius 1 is 1.60 bits per heavy atom. The lowest BCUT2D eigenvalue weighted by molar-refractivity contribution is -0.0761. The van der Waals surface area contributed by atoms with Crippen molar-refractivity contribution in [3.63, 3.8) is 0 Å². The summed E-state index contributed by atoms with van der Waals surface area (Å²) >= 11 is 3.24. The first kappa shape index (κ1) is 12.1. The van der Waals surface area contributed by atoms with Crippen LogP contribution in [0.25, 0.3) is 0 Å². The van der Waals surface area contributed by atoms with E-state index in [1.54, 1.807) is 7.05 Å². The normalized spacial score (nSPS) is 10.1. The Balaban J connectivity index is 3.11. The zero-order chi connectivity index (χ0) is 11.4. The number of rotatable bonds is 3. The van der Waals surface area contributed by atoms with E-state index >= 15 is 0 Å². The number of hydrogen-bond donors (Lipinski definition) is 0. The van der Waals surface area contributed by atoms with Gasteiger partial charge in [0.1, 0.15) is 10.3 Å². The summed E-state index contributed by atoms with van der Waals surface area (Å²) in [5, 5.41) is 1.16. The van der Waals surface area contributed by atoms with Crippen molar-refractivity contribution >= 4 is 21.8 Å². The molecule has 1 rings (SSSR count). The second kappa shape index (κ2) is 5.23. The molecular formula is C10H13BrN2O2. The highest BCUT2D eigenvalue weighted by atomic mass is 79.9. The van der Waals surface area contributed by atoms with Crippen LogP contribution in [0, 0.1) is 0 Å². The maximum atomic E-state index is 11.8. The van der Waals surface area contributed by atoms with Crippen molar-refractivity contribution in [2.75, 3.05) is 14.2 Å². The third-order valence-corrected chi connectivity index (χ3v) is 2.53. The Morgan fingerprint density at radius 2 is 2.27 bits per heavy atom. The Hall–Kier alpha value is -0.940. The monoisotopic (exact) mass is 272 g/mol. The predicted octanol–water partition coefficient (Wildman–Crippen LogP) is 2.04. The summed E-state index contributed by atoms with van der Waals surface area (Å²) in [6.45, 7) is 1.98. The van der Waals surface area contributed by atoms with Gasteiger partial charge in [0.05, 0.1) is 7.11 Å². The van der Waals surface area contributed by atoms with Gasteiger partial charge in [0.25, 0.3) is 5.91 Å². The van der Waals surface area contributed by atoms with Gasteiger partial charge in [0.2, 0.25) is 0 Å². The average molecular weight is 273 g/mol. The number of amides is 1. The minimum atomic E-state index is -0.240. The quantitative estimate of drug-likeness (QED) is 0.625. The first-order chi connectivity index (χ1) is 7.10. The molecule has 0 fully saturated rings. The molecule has 0 saturated carbocycles. The lowest BCUT2D eigenvalue weighted by Crippen LogP contribution is -2.27. The van der Waals surface area contributed by atoms with Crippen LogP contribution < -0.4 is 0 Å². The molecule has 1 heterocycles. The lowest BCUT2D eigenvalue weighted by atomic mass is 10.1. The number of hydrogen-bond acceptors (Lipinski definition) is 3. The fourth-order valence-electron chi connectivity index (χ4n) is 1.17. The van der Waals surface area contributed by atoms with E-state index < -0.39 is 0 Å². The van der Waals surface area contributed by atoms with E-state index in [0.717, 1.165) is 17.0 Å². The van der Waals surface area contributed by atoms with Gasteiger partial charge in [-0.1, -0.05) is 13.0 Å². The molecule has 0 N–H and O–H groups in total. The van der Waals surface area contributed by atoms with Crippen molar-refractivity contribution in [1.29, 1.82) is 0 Å². The number of aromatic nitrogens is 1. The highest BCUT2D eigenvalue weighted by molar-refractivity contribution is 9.10. The van der Waals surface area contributed by atoms with Gasteiger partial charge in [-0.15, -0.1) is 0 Å². The molecule has 4 nitrogen and oxygen atoms in total. The predicted molar refractivity (Wildman–Crippen MR) is 60.4 cm³/mol. The summed E-state index contributed by atoms with van der Waals surface area (Å²) in [4.78, 5) is 20.8. The molecule has 0 spiro atoms. The maximum Gasteiger partial charge on any atom is 0.296 e. The molecule has 1 amide bonds. The fourth-order valence-corrected chi connectivity index (χ4v) is 1.48. The number of carbonyl (C=O) groups is 1. The minimum Gasteiger partial charge on any atom is -0.274 e. The van der Waals surface area contributed by atoms with Crippen molar-refractivity contribution in [2.24, 2.45) is 0 Å². The van der Waals surface area contributed by atoms with Crippen LogP contribution >= 0.6 is 15.9 Å². The van der Waals surface area contributed by atoms with Gasteiger partial charge in [-0.05, 0) is 34.0 Å². The minimum absolute atomic E-state index is 0.240. The summed E-state index contributed by atoms with van der Waals surface area (Å²) in [5.74, 6) is -0.240. The standard InChI is InChI=1S/C10H13BrN2O2/c1-4-7-5-6-8(11)12-9(7)10(14)13(2)15-3/h5-6H,4H2,1-3H3. The van der Waals surface area contributed by atoms with Gasteiger partial charge in [0, 0.05) is 7.05 Å². The largest absolute Gasteiger partial charge is 0.296 e. The van der Waals surface area contributed by atoms with E-state index in [4.69, 9.17) is 4.84 Å². The zero-order valence-corrected chi connectivity index (χ0v) is 10.5. The number of carbonyl (C=O) groups excluding carboxylic acids is 1. The molecule has 0 aliphatic heterocycles. The number of hydroxylamine groups is 2. The number of halogens is 1. The summed E-state index contributed by atoms with van der Waals surface area (Å²) in [6.07, 6.45) is 0.763. The van der Waals surface area contributed by atoms with Crippen LogP contribution in [0.4, 0.5) is 0 Å². The Kier molecular flexibility index (Phi) is 4.23. The van der Waals surface area contributed by atoms with Crippen molar-refractivity contribution in [3.8, 4) is 0 Å². The van der Waals surface area contributed by atoms with E-state index in [9.17, 15) is 4.79 Å². The van der Waals surface area contributed by atoms with E-state index in [1.165, 1.54) is 7.11 Å². The molecular weight excluding hydrogens is 260 g/mol. The molecule has 0 atom stereocenters. The maximum absolute atomic E-state index is 11.8. The zero-order valence-electron chi connectivity index (χ0n) is 8.95. The second-order valence-corrected chi connectivity index (χ2v) is 3.79. The molecule has 0 aliphatic rings. The number of aryl methyl sites for hydroxylation is 1. The van der Waals surface area contributed by atoms with Crippen LogP contribution in [0.5, 0.6) is 0 Å². The Labute approximate surface area is 97.3 Å². The van der Waals surface area contributed by atoms with Crippen molar-refractivity contribution in [2.45, 2.75) is 13.3 Å². The van der Waals surface area contributed by atoms with Gasteiger partial charge in [-0.2, -0.15) is 0 Å². The van der Waals surface area contributed by atoms with Crippen molar-refractivity contribution < 1.29 is 9.63 Å². The average Bonchev–Trinajstić information content (AvgIpc) is 2.27. The molecule has 1 aromatic rings. The van der Waals surface area contributed by atoms with Crippen molar-refractivity contribution in [3.05, 3.63) is 28.0 Å². The molecule has 0 radical (unpaired) electrons. The fraction of sp³-hybridized carbons (Fsp3) is 0.400. The lowest BCUT2D eigenvalue weighted by Gasteiger charge is -2.14. The van der Waals surface area contributed by atoms with Crippen LogP contribution in [-0.2, 0) is 11.3 Å². The van der Waals surface area contributed by atoms with Gasteiger partial charge in [-0.25, -0.2) is 10.0 Å². The molecule has 0 saturated heterocycles. The Morgan fingerprint density at radius 3 is 2.80 bits per heavy atom. The van der Waals surface area contributed by atoms with E-state index in [-0.39, 0.29) is 5.91 Å². The summed E-state index contributed by atoms with van der Waals surface area (Å²) < 4.78 is 0.646. The first-order valence-corrected chi connectivity index (χ1v) is 5.37. The van der Waals surface area contributed by atoms with E-state index in [1.807, 2.05) is 19.1 Å². The number of nitrogens with zero attached hydrogens (tertiary/aromatic N) is 2. The topological polar surface area (TPSA) is 42.4 Å². The van der Waals surface area contributed by atoms with E-state index in [0.29, 0.717) is 10.3 Å². The molecule has 15 heavy (non-hydrogen) atoms. The van der Waals surface area contributed by atoms with Gasteiger partial charge >= 0.3 is 0 Å². The Bertz CT molecular complexity index is 368. The molecule has 0 aliphatic carbocycles. The third-order valence-electron chi connectivity index (χ3n) is 2.09. The van der Waals surface area contributed by atoms with Gasteiger partial charge < -0.3 is 0 Å². The third kappa shape index (κ3) is 2.76. The SMILES string of the molecule is CCc1ccc(Br)nc1C(=O)N(C)OC. The molecule has 5 heteroatoms. The summed E-state index contributed by atoms with van der Waals surface area (Å²) in [6, 6.07) is 3.70. The van der Waals surface area contributed by atoms with Crippen LogP contribution in [0.15, 0.2) is 16.7 Å². The summed E-state index contributed by atoms with van der Waals surface area (Å²) in [5.41, 5.74) is 1.34. The van der Waals surface area contributed by atoms with Gasteiger partial charge in [-0.3, -0.25) is 9.63 Å². The van der Waals surface area contributed by atoms with Gasteiger partial charge in [0.15, 0.2) is 0 Å². The highest BCUT2D eigenvalue weighted by Crippen LogP contribution is 2.14. The van der Waals surface area contributed by atoms with Crippen LogP contribution in [-0.4, -0.2) is 30.1 Å². The molecule has 1 aromatic heterocycles. The second-order valence-electron chi connectivity index (χ2n) is 2.98. The molecule has 0 bridgehead atoms. The smallest absolute Gasteiger partial charge is 0.274 e. The molecule has 82 valence electrons. The summed E-state index contributed by atoms with van der Waals surface area (Å²) in [7, 11) is 3.01. The highest BCUT2D eigenvalue weighted by Gasteiger charge is 2.16. The van der Waals surface area contributed by atoms with E-state index in [2.05, 4.69) is 20.9 Å². The number of pyridine rings is 1. The van der Waals surface area contributed by atoms with Crippen molar-refractivity contribution in [1.82, 2.24) is 10.0 Å². The van der Waals surface area contributed by atoms with Crippen LogP contribution in [0.3, 0.4) is 0 Å². The van der Waals surface area contributed by atoms with Crippen LogP contribution in [0.2, 0.25) is 0 Å². The molecule has 0 unspecified atom stereocenters. The first-order valence-electron chi connectivity index (χ1n) is 4.57. The van der Waals surface area contributed by atoms with Crippen LogP contribution in [0.1, 0.15) is 23.0 Å².